The third-order valence-electron chi connectivity index (χ3n) is 4.63. The second kappa shape index (κ2) is 7.88. The van der Waals surface area contributed by atoms with Gasteiger partial charge in [0.15, 0.2) is 0 Å². The predicted octanol–water partition coefficient (Wildman–Crippen LogP) is 4.56. The monoisotopic (exact) mass is 335 g/mol. The van der Waals surface area contributed by atoms with Gasteiger partial charge in [-0.2, -0.15) is 4.89 Å². The van der Waals surface area contributed by atoms with Crippen LogP contribution in [0.25, 0.3) is 0 Å². The van der Waals surface area contributed by atoms with Crippen LogP contribution in [-0.4, -0.2) is 20.2 Å². The van der Waals surface area contributed by atoms with Gasteiger partial charge in [0, 0.05) is 6.07 Å². The number of ether oxygens (including phenoxy) is 2. The number of methoxy groups -OCH3 is 2. The van der Waals surface area contributed by atoms with Crippen molar-refractivity contribution in [2.24, 2.45) is 11.3 Å². The van der Waals surface area contributed by atoms with Crippen molar-refractivity contribution in [3.05, 3.63) is 29.9 Å². The average molecular weight is 335 g/mol. The second-order valence-electron chi connectivity index (χ2n) is 7.20. The normalized spacial score (nSPS) is 16.7. The van der Waals surface area contributed by atoms with Gasteiger partial charge >= 0.3 is 5.97 Å². The number of benzene rings is 1. The summed E-state index contributed by atoms with van der Waals surface area (Å²) in [7, 11) is 3.05. The molecule has 5 nitrogen and oxygen atoms in total. The summed E-state index contributed by atoms with van der Waals surface area (Å²) < 4.78 is 10.3. The van der Waals surface area contributed by atoms with Crippen LogP contribution >= 0.6 is 0 Å². The van der Waals surface area contributed by atoms with E-state index in [-0.39, 0.29) is 0 Å². The standard InChI is InChI=1S/C19H27O5/c1-19(2,3)13-6-8-14(9-7-13)23-24-18(20)16-11-10-15(21-4)12-17(16)22-5/h10-13H,6-9H2,1-5H3. The SMILES string of the molecule is COc1ccc(C(=O)OO[C]2CCC(C(C)(C)C)CC2)c(OC)c1. The zero-order chi connectivity index (χ0) is 17.7. The molecule has 1 aromatic rings. The van der Waals surface area contributed by atoms with E-state index in [1.54, 1.807) is 25.3 Å². The van der Waals surface area contributed by atoms with Crippen LogP contribution in [0.2, 0.25) is 0 Å². The lowest BCUT2D eigenvalue weighted by molar-refractivity contribution is -0.241. The van der Waals surface area contributed by atoms with Crippen LogP contribution in [0.3, 0.4) is 0 Å². The van der Waals surface area contributed by atoms with E-state index in [4.69, 9.17) is 19.2 Å². The van der Waals surface area contributed by atoms with Crippen LogP contribution in [-0.2, 0) is 9.78 Å². The van der Waals surface area contributed by atoms with Crippen molar-refractivity contribution in [2.75, 3.05) is 14.2 Å². The van der Waals surface area contributed by atoms with E-state index in [2.05, 4.69) is 20.8 Å². The molecular weight excluding hydrogens is 308 g/mol. The summed E-state index contributed by atoms with van der Waals surface area (Å²) in [6, 6.07) is 4.92. The first-order chi connectivity index (χ1) is 11.3. The molecule has 5 heteroatoms. The summed E-state index contributed by atoms with van der Waals surface area (Å²) in [5.41, 5.74) is 0.612. The smallest absolute Gasteiger partial charge is 0.376 e. The topological polar surface area (TPSA) is 54.0 Å². The highest BCUT2D eigenvalue weighted by atomic mass is 17.2. The van der Waals surface area contributed by atoms with E-state index < -0.39 is 5.97 Å². The molecule has 1 aliphatic carbocycles. The lowest BCUT2D eigenvalue weighted by atomic mass is 9.72. The molecule has 0 aromatic heterocycles. The van der Waals surface area contributed by atoms with Crippen LogP contribution in [0.4, 0.5) is 0 Å². The first-order valence-corrected chi connectivity index (χ1v) is 8.30. The average Bonchev–Trinajstić information content (AvgIpc) is 2.58. The lowest BCUT2D eigenvalue weighted by Crippen LogP contribution is -2.26. The van der Waals surface area contributed by atoms with Gasteiger partial charge in [0.25, 0.3) is 0 Å². The minimum absolute atomic E-state index is 0.304. The fourth-order valence-corrected chi connectivity index (χ4v) is 3.00. The Kier molecular flexibility index (Phi) is 6.10. The van der Waals surface area contributed by atoms with Crippen molar-refractivity contribution in [3.63, 3.8) is 0 Å². The minimum atomic E-state index is -0.569. The van der Waals surface area contributed by atoms with Gasteiger partial charge in [0.2, 0.25) is 0 Å². The largest absolute Gasteiger partial charge is 0.497 e. The molecule has 2 rings (SSSR count). The van der Waals surface area contributed by atoms with Gasteiger partial charge in [-0.3, -0.25) is 4.89 Å². The molecule has 133 valence electrons. The van der Waals surface area contributed by atoms with Gasteiger partial charge in [-0.1, -0.05) is 20.8 Å². The van der Waals surface area contributed by atoms with Crippen molar-refractivity contribution >= 4 is 5.97 Å². The molecule has 24 heavy (non-hydrogen) atoms. The Morgan fingerprint density at radius 1 is 1.08 bits per heavy atom. The van der Waals surface area contributed by atoms with Crippen molar-refractivity contribution in [1.29, 1.82) is 0 Å². The van der Waals surface area contributed by atoms with Crippen molar-refractivity contribution < 1.29 is 24.0 Å². The van der Waals surface area contributed by atoms with E-state index in [0.29, 0.717) is 28.4 Å². The third-order valence-corrected chi connectivity index (χ3v) is 4.63. The number of rotatable bonds is 5. The maximum Gasteiger partial charge on any atom is 0.376 e. The first kappa shape index (κ1) is 18.6. The first-order valence-electron chi connectivity index (χ1n) is 8.30. The van der Waals surface area contributed by atoms with Crippen LogP contribution in [0.1, 0.15) is 56.8 Å². The van der Waals surface area contributed by atoms with Gasteiger partial charge < -0.3 is 9.47 Å². The fraction of sp³-hybridized carbons (Fsp3) is 0.579. The Bertz CT molecular complexity index is 553. The molecule has 0 N–H and O–H groups in total. The summed E-state index contributed by atoms with van der Waals surface area (Å²) >= 11 is 0. The molecule has 0 atom stereocenters. The molecule has 1 radical (unpaired) electrons. The van der Waals surface area contributed by atoms with Crippen LogP contribution in [0, 0.1) is 17.4 Å². The Hall–Kier alpha value is -1.75. The lowest BCUT2D eigenvalue weighted by Gasteiger charge is -2.35. The molecular formula is C19H27O5. The van der Waals surface area contributed by atoms with Crippen LogP contribution in [0.5, 0.6) is 11.5 Å². The molecule has 0 heterocycles. The summed E-state index contributed by atoms with van der Waals surface area (Å²) in [5.74, 6) is 1.10. The van der Waals surface area contributed by atoms with E-state index in [1.807, 2.05) is 0 Å². The van der Waals surface area contributed by atoms with E-state index in [1.165, 1.54) is 7.11 Å². The molecule has 0 saturated heterocycles. The van der Waals surface area contributed by atoms with E-state index in [9.17, 15) is 4.79 Å². The minimum Gasteiger partial charge on any atom is -0.497 e. The highest BCUT2D eigenvalue weighted by Crippen LogP contribution is 2.41. The molecule has 1 aliphatic rings. The number of carbonyl (C=O) groups is 1. The summed E-state index contributed by atoms with van der Waals surface area (Å²) in [6.07, 6.45) is 4.60. The quantitative estimate of drug-likeness (QED) is 0.583. The van der Waals surface area contributed by atoms with Gasteiger partial charge in [0.05, 0.1) is 14.2 Å². The fourth-order valence-electron chi connectivity index (χ4n) is 3.00. The molecule has 0 aliphatic heterocycles. The van der Waals surface area contributed by atoms with Crippen molar-refractivity contribution in [3.8, 4) is 11.5 Å². The van der Waals surface area contributed by atoms with Gasteiger partial charge in [0.1, 0.15) is 23.2 Å². The summed E-state index contributed by atoms with van der Waals surface area (Å²) in [4.78, 5) is 22.5. The van der Waals surface area contributed by atoms with Crippen LogP contribution in [0.15, 0.2) is 18.2 Å². The molecule has 1 saturated carbocycles. The third kappa shape index (κ3) is 4.63. The zero-order valence-electron chi connectivity index (χ0n) is 15.2. The Morgan fingerprint density at radius 2 is 1.75 bits per heavy atom. The summed E-state index contributed by atoms with van der Waals surface area (Å²) in [5, 5.41) is 0. The predicted molar refractivity (Wildman–Crippen MR) is 90.7 cm³/mol. The zero-order valence-corrected chi connectivity index (χ0v) is 15.2. The van der Waals surface area contributed by atoms with Crippen molar-refractivity contribution in [1.82, 2.24) is 0 Å². The van der Waals surface area contributed by atoms with Gasteiger partial charge in [-0.25, -0.2) is 4.79 Å². The second-order valence-corrected chi connectivity index (χ2v) is 7.20. The van der Waals surface area contributed by atoms with E-state index in [0.717, 1.165) is 31.8 Å². The summed E-state index contributed by atoms with van der Waals surface area (Å²) in [6.45, 7) is 6.79. The Labute approximate surface area is 144 Å². The Morgan fingerprint density at radius 3 is 2.29 bits per heavy atom. The maximum atomic E-state index is 12.2. The molecule has 0 unspecified atom stereocenters. The molecule has 1 aromatic carbocycles. The molecule has 0 spiro atoms. The number of hydrogen-bond donors (Lipinski definition) is 0. The van der Waals surface area contributed by atoms with E-state index >= 15 is 0 Å². The number of carbonyl (C=O) groups excluding carboxylic acids is 1. The molecule has 1 fully saturated rings. The van der Waals surface area contributed by atoms with Gasteiger partial charge in [-0.15, -0.1) is 0 Å². The maximum absolute atomic E-state index is 12.2. The van der Waals surface area contributed by atoms with Gasteiger partial charge in [-0.05, 0) is 49.1 Å². The highest BCUT2D eigenvalue weighted by molar-refractivity contribution is 5.92. The number of hydrogen-bond acceptors (Lipinski definition) is 5. The molecule has 0 bridgehead atoms. The van der Waals surface area contributed by atoms with Crippen LogP contribution < -0.4 is 9.47 Å². The molecule has 0 amide bonds. The Balaban J connectivity index is 1.88. The highest BCUT2D eigenvalue weighted by Gasteiger charge is 2.31. The van der Waals surface area contributed by atoms with Crippen molar-refractivity contribution in [2.45, 2.75) is 46.5 Å².